The number of rotatable bonds is 3. The van der Waals surface area contributed by atoms with E-state index in [2.05, 4.69) is 5.10 Å². The molecule has 0 aliphatic carbocycles. The molecule has 6 nitrogen and oxygen atoms in total. The summed E-state index contributed by atoms with van der Waals surface area (Å²) < 4.78 is 1.25. The number of hydrogen-bond acceptors (Lipinski definition) is 4. The third-order valence-electron chi connectivity index (χ3n) is 3.93. The van der Waals surface area contributed by atoms with Gasteiger partial charge in [0.15, 0.2) is 0 Å². The van der Waals surface area contributed by atoms with Gasteiger partial charge in [0, 0.05) is 25.2 Å². The Bertz CT molecular complexity index is 726. The number of nitrogens with zero attached hydrogens (tertiary/aromatic N) is 3. The Labute approximate surface area is 128 Å². The summed E-state index contributed by atoms with van der Waals surface area (Å²) in [5, 5.41) is 4.23. The highest BCUT2D eigenvalue weighted by Crippen LogP contribution is 2.18. The second-order valence-electron chi connectivity index (χ2n) is 5.33. The van der Waals surface area contributed by atoms with E-state index < -0.39 is 0 Å². The fourth-order valence-electron chi connectivity index (χ4n) is 2.77. The molecule has 1 aliphatic rings. The van der Waals surface area contributed by atoms with E-state index in [1.807, 2.05) is 18.2 Å². The van der Waals surface area contributed by atoms with Crippen LogP contribution in [0.1, 0.15) is 23.3 Å². The van der Waals surface area contributed by atoms with Crippen LogP contribution < -0.4 is 11.3 Å². The fraction of sp³-hybridized carbons (Fsp3) is 0.312. The molecule has 0 saturated carbocycles. The summed E-state index contributed by atoms with van der Waals surface area (Å²) >= 11 is 0. The molecule has 1 aromatic heterocycles. The fourth-order valence-corrected chi connectivity index (χ4v) is 2.77. The highest BCUT2D eigenvalue weighted by atomic mass is 16.2. The molecule has 2 N–H and O–H groups in total. The lowest BCUT2D eigenvalue weighted by Gasteiger charge is -2.23. The van der Waals surface area contributed by atoms with Gasteiger partial charge in [-0.3, -0.25) is 9.59 Å². The van der Waals surface area contributed by atoms with Gasteiger partial charge in [0.25, 0.3) is 11.5 Å². The molecular formula is C16H18N4O2. The molecule has 0 radical (unpaired) electrons. The van der Waals surface area contributed by atoms with Crippen molar-refractivity contribution >= 4 is 5.91 Å². The molecule has 2 aromatic rings. The Morgan fingerprint density at radius 3 is 2.73 bits per heavy atom. The minimum atomic E-state index is -0.264. The van der Waals surface area contributed by atoms with E-state index in [4.69, 9.17) is 5.73 Å². The van der Waals surface area contributed by atoms with Gasteiger partial charge in [0.05, 0.1) is 5.69 Å². The van der Waals surface area contributed by atoms with E-state index in [1.54, 1.807) is 17.0 Å². The van der Waals surface area contributed by atoms with Crippen LogP contribution in [-0.4, -0.2) is 39.7 Å². The van der Waals surface area contributed by atoms with Crippen molar-refractivity contribution in [2.45, 2.75) is 18.9 Å². The monoisotopic (exact) mass is 298 g/mol. The van der Waals surface area contributed by atoms with Gasteiger partial charge in [-0.25, -0.2) is 0 Å². The largest absolute Gasteiger partial charge is 0.333 e. The Kier molecular flexibility index (Phi) is 4.02. The van der Waals surface area contributed by atoms with Crippen molar-refractivity contribution in [3.05, 3.63) is 58.5 Å². The molecule has 1 aliphatic heterocycles. The second kappa shape index (κ2) is 6.11. The molecule has 1 atom stereocenters. The van der Waals surface area contributed by atoms with Gasteiger partial charge in [0.2, 0.25) is 0 Å². The maximum atomic E-state index is 12.6. The average Bonchev–Trinajstić information content (AvgIpc) is 3.04. The molecule has 1 amide bonds. The zero-order valence-electron chi connectivity index (χ0n) is 12.2. The van der Waals surface area contributed by atoms with Gasteiger partial charge < -0.3 is 10.6 Å². The van der Waals surface area contributed by atoms with Crippen molar-refractivity contribution in [2.24, 2.45) is 5.73 Å². The number of likely N-dealkylation sites (tertiary alicyclic amines) is 1. The molecule has 1 saturated heterocycles. The molecule has 6 heteroatoms. The summed E-state index contributed by atoms with van der Waals surface area (Å²) in [4.78, 5) is 26.3. The normalized spacial score (nSPS) is 17.7. The highest BCUT2D eigenvalue weighted by molar-refractivity contribution is 5.92. The number of carbonyl (C=O) groups is 1. The Morgan fingerprint density at radius 1 is 1.23 bits per heavy atom. The van der Waals surface area contributed by atoms with Crippen LogP contribution in [0.5, 0.6) is 0 Å². The third-order valence-corrected chi connectivity index (χ3v) is 3.93. The first-order chi connectivity index (χ1) is 10.7. The first kappa shape index (κ1) is 14.5. The van der Waals surface area contributed by atoms with E-state index >= 15 is 0 Å². The maximum absolute atomic E-state index is 12.6. The molecule has 1 aromatic carbocycles. The smallest absolute Gasteiger partial charge is 0.274 e. The summed E-state index contributed by atoms with van der Waals surface area (Å²) in [5.41, 5.74) is 6.36. The first-order valence-corrected chi connectivity index (χ1v) is 7.37. The van der Waals surface area contributed by atoms with Crippen LogP contribution >= 0.6 is 0 Å². The van der Waals surface area contributed by atoms with E-state index in [0.717, 1.165) is 12.8 Å². The van der Waals surface area contributed by atoms with Crippen LogP contribution in [-0.2, 0) is 0 Å². The summed E-state index contributed by atoms with van der Waals surface area (Å²) in [5.74, 6) is -0.169. The summed E-state index contributed by atoms with van der Waals surface area (Å²) in [6, 6.07) is 12.0. The van der Waals surface area contributed by atoms with Crippen LogP contribution in [0.4, 0.5) is 0 Å². The quantitative estimate of drug-likeness (QED) is 0.908. The highest BCUT2D eigenvalue weighted by Gasteiger charge is 2.29. The minimum Gasteiger partial charge on any atom is -0.333 e. The third kappa shape index (κ3) is 2.65. The molecule has 1 unspecified atom stereocenters. The topological polar surface area (TPSA) is 81.2 Å². The molecule has 22 heavy (non-hydrogen) atoms. The zero-order chi connectivity index (χ0) is 15.5. The van der Waals surface area contributed by atoms with E-state index in [-0.39, 0.29) is 23.2 Å². The van der Waals surface area contributed by atoms with Crippen molar-refractivity contribution in [1.29, 1.82) is 0 Å². The molecule has 1 fully saturated rings. The van der Waals surface area contributed by atoms with Crippen LogP contribution in [0.2, 0.25) is 0 Å². The average molecular weight is 298 g/mol. The van der Waals surface area contributed by atoms with Gasteiger partial charge in [-0.15, -0.1) is 0 Å². The number of aromatic nitrogens is 2. The summed E-state index contributed by atoms with van der Waals surface area (Å²) in [6.07, 6.45) is 1.87. The van der Waals surface area contributed by atoms with Gasteiger partial charge in [-0.05, 0) is 31.0 Å². The molecule has 0 spiro atoms. The van der Waals surface area contributed by atoms with Gasteiger partial charge >= 0.3 is 0 Å². The van der Waals surface area contributed by atoms with Crippen molar-refractivity contribution in [1.82, 2.24) is 14.7 Å². The molecule has 114 valence electrons. The van der Waals surface area contributed by atoms with E-state index in [1.165, 1.54) is 16.8 Å². The Hall–Kier alpha value is -2.47. The molecule has 0 bridgehead atoms. The second-order valence-corrected chi connectivity index (χ2v) is 5.33. The van der Waals surface area contributed by atoms with E-state index in [0.29, 0.717) is 18.8 Å². The standard InChI is InChI=1S/C16H18N4O2/c17-11-13-7-4-10-19(13)16(22)14-8-9-15(21)20(18-14)12-5-2-1-3-6-12/h1-3,5-6,8-9,13H,4,7,10-11,17H2. The minimum absolute atomic E-state index is 0.0615. The number of para-hydroxylation sites is 1. The number of benzene rings is 1. The summed E-state index contributed by atoms with van der Waals surface area (Å²) in [6.45, 7) is 1.14. The number of carbonyl (C=O) groups excluding carboxylic acids is 1. The van der Waals surface area contributed by atoms with Crippen LogP contribution in [0.3, 0.4) is 0 Å². The predicted octanol–water partition coefficient (Wildman–Crippen LogP) is 0.796. The molecular weight excluding hydrogens is 280 g/mol. The molecule has 3 rings (SSSR count). The summed E-state index contributed by atoms with van der Waals surface area (Å²) in [7, 11) is 0. The Morgan fingerprint density at radius 2 is 2.00 bits per heavy atom. The van der Waals surface area contributed by atoms with E-state index in [9.17, 15) is 9.59 Å². The lowest BCUT2D eigenvalue weighted by atomic mass is 10.2. The van der Waals surface area contributed by atoms with Crippen molar-refractivity contribution < 1.29 is 4.79 Å². The lowest BCUT2D eigenvalue weighted by molar-refractivity contribution is 0.0733. The van der Waals surface area contributed by atoms with Crippen molar-refractivity contribution in [3.8, 4) is 5.69 Å². The lowest BCUT2D eigenvalue weighted by Crippen LogP contribution is -2.41. The van der Waals surface area contributed by atoms with Gasteiger partial charge in [-0.2, -0.15) is 9.78 Å². The molecule has 2 heterocycles. The van der Waals surface area contributed by atoms with Gasteiger partial charge in [0.1, 0.15) is 5.69 Å². The number of hydrogen-bond donors (Lipinski definition) is 1. The SMILES string of the molecule is NCC1CCCN1C(=O)c1ccc(=O)n(-c2ccccc2)n1. The maximum Gasteiger partial charge on any atom is 0.274 e. The Balaban J connectivity index is 1.96. The predicted molar refractivity (Wildman–Crippen MR) is 82.9 cm³/mol. The van der Waals surface area contributed by atoms with Crippen molar-refractivity contribution in [2.75, 3.05) is 13.1 Å². The number of nitrogens with two attached hydrogens (primary N) is 1. The van der Waals surface area contributed by atoms with Crippen LogP contribution in [0.15, 0.2) is 47.3 Å². The van der Waals surface area contributed by atoms with Crippen molar-refractivity contribution in [3.63, 3.8) is 0 Å². The first-order valence-electron chi connectivity index (χ1n) is 7.37. The number of amides is 1. The van der Waals surface area contributed by atoms with Crippen LogP contribution in [0.25, 0.3) is 5.69 Å². The van der Waals surface area contributed by atoms with Crippen LogP contribution in [0, 0.1) is 0 Å². The van der Waals surface area contributed by atoms with Gasteiger partial charge in [-0.1, -0.05) is 18.2 Å². The zero-order valence-corrected chi connectivity index (χ0v) is 12.2.